The van der Waals surface area contributed by atoms with E-state index in [0.717, 1.165) is 6.42 Å². The smallest absolute Gasteiger partial charge is 0.330 e. The van der Waals surface area contributed by atoms with E-state index in [0.29, 0.717) is 29.5 Å². The molecule has 3 aromatic rings. The van der Waals surface area contributed by atoms with Crippen molar-refractivity contribution >= 4 is 11.2 Å². The van der Waals surface area contributed by atoms with Crippen molar-refractivity contribution in [2.45, 2.75) is 26.8 Å². The Balaban J connectivity index is 2.33. The second-order valence-corrected chi connectivity index (χ2v) is 4.46. The zero-order valence-corrected chi connectivity index (χ0v) is 11.1. The molecule has 104 valence electrons. The fraction of sp³-hybridized carbons (Fsp3) is 0.333. The lowest BCUT2D eigenvalue weighted by Gasteiger charge is -2.02. The summed E-state index contributed by atoms with van der Waals surface area (Å²) in [7, 11) is 0. The van der Waals surface area contributed by atoms with E-state index >= 15 is 0 Å². The molecule has 0 aliphatic rings. The number of hydrogen-bond donors (Lipinski definition) is 2. The van der Waals surface area contributed by atoms with E-state index in [9.17, 15) is 9.59 Å². The minimum Gasteiger partial charge on any atom is -0.440 e. The third kappa shape index (κ3) is 1.77. The summed E-state index contributed by atoms with van der Waals surface area (Å²) in [4.78, 5) is 37.1. The Morgan fingerprint density at radius 1 is 1.35 bits per heavy atom. The summed E-state index contributed by atoms with van der Waals surface area (Å²) in [6.45, 7) is 4.19. The van der Waals surface area contributed by atoms with Gasteiger partial charge >= 0.3 is 5.69 Å². The Kier molecular flexibility index (Phi) is 2.78. The van der Waals surface area contributed by atoms with Crippen molar-refractivity contribution in [1.82, 2.24) is 24.5 Å². The summed E-state index contributed by atoms with van der Waals surface area (Å²) in [5.74, 6) is 0.840. The second kappa shape index (κ2) is 4.48. The average Bonchev–Trinajstić information content (AvgIpc) is 3.00. The first kappa shape index (κ1) is 12.4. The van der Waals surface area contributed by atoms with Gasteiger partial charge in [-0.3, -0.25) is 14.3 Å². The summed E-state index contributed by atoms with van der Waals surface area (Å²) in [5.41, 5.74) is 0.282. The maximum absolute atomic E-state index is 11.8. The summed E-state index contributed by atoms with van der Waals surface area (Å²) in [6.07, 6.45) is 2.06. The Labute approximate surface area is 112 Å². The van der Waals surface area contributed by atoms with Gasteiger partial charge in [0, 0.05) is 6.54 Å². The first-order valence-electron chi connectivity index (χ1n) is 6.25. The Hall–Kier alpha value is -2.64. The molecule has 0 aliphatic carbocycles. The Morgan fingerprint density at radius 2 is 2.15 bits per heavy atom. The van der Waals surface area contributed by atoms with Crippen LogP contribution in [0.1, 0.15) is 19.0 Å². The summed E-state index contributed by atoms with van der Waals surface area (Å²) < 4.78 is 6.68. The molecule has 20 heavy (non-hydrogen) atoms. The van der Waals surface area contributed by atoms with Gasteiger partial charge in [-0.1, -0.05) is 6.92 Å². The highest BCUT2D eigenvalue weighted by atomic mass is 16.3. The zero-order chi connectivity index (χ0) is 14.3. The number of oxazole rings is 1. The van der Waals surface area contributed by atoms with Crippen LogP contribution >= 0.6 is 0 Å². The van der Waals surface area contributed by atoms with Crippen LogP contribution in [0.4, 0.5) is 0 Å². The lowest BCUT2D eigenvalue weighted by Crippen LogP contribution is -2.30. The number of fused-ring (bicyclic) bond motifs is 1. The van der Waals surface area contributed by atoms with Gasteiger partial charge in [0.25, 0.3) is 5.56 Å². The fourth-order valence-electron chi connectivity index (χ4n) is 2.11. The normalized spacial score (nSPS) is 11.3. The van der Waals surface area contributed by atoms with Gasteiger partial charge in [0.15, 0.2) is 23.6 Å². The van der Waals surface area contributed by atoms with Crippen molar-refractivity contribution in [1.29, 1.82) is 0 Å². The molecule has 0 spiro atoms. The van der Waals surface area contributed by atoms with Crippen LogP contribution in [0.5, 0.6) is 0 Å². The molecule has 0 aliphatic heterocycles. The average molecular weight is 275 g/mol. The van der Waals surface area contributed by atoms with E-state index in [1.54, 1.807) is 6.92 Å². The fourth-order valence-corrected chi connectivity index (χ4v) is 2.11. The molecule has 2 N–H and O–H groups in total. The Morgan fingerprint density at radius 3 is 2.80 bits per heavy atom. The first-order chi connectivity index (χ1) is 9.61. The number of H-pyrrole nitrogens is 2. The molecular formula is C12H13N5O3. The third-order valence-electron chi connectivity index (χ3n) is 3.04. The molecule has 3 aromatic heterocycles. The minimum atomic E-state index is -0.492. The van der Waals surface area contributed by atoms with E-state index in [2.05, 4.69) is 19.9 Å². The van der Waals surface area contributed by atoms with Crippen molar-refractivity contribution in [3.8, 4) is 11.6 Å². The molecule has 0 saturated heterocycles. The first-order valence-corrected chi connectivity index (χ1v) is 6.25. The number of nitrogens with one attached hydrogen (secondary N) is 2. The highest BCUT2D eigenvalue weighted by molar-refractivity contribution is 5.74. The van der Waals surface area contributed by atoms with Gasteiger partial charge in [-0.05, 0) is 13.3 Å². The van der Waals surface area contributed by atoms with Crippen LogP contribution < -0.4 is 11.2 Å². The van der Waals surface area contributed by atoms with Crippen molar-refractivity contribution < 1.29 is 4.42 Å². The molecule has 3 rings (SSSR count). The van der Waals surface area contributed by atoms with E-state index in [1.807, 2.05) is 6.92 Å². The van der Waals surface area contributed by atoms with Crippen molar-refractivity contribution in [2.75, 3.05) is 0 Å². The molecule has 3 heterocycles. The van der Waals surface area contributed by atoms with Gasteiger partial charge < -0.3 is 9.40 Å². The topological polar surface area (TPSA) is 110 Å². The summed E-state index contributed by atoms with van der Waals surface area (Å²) in [5, 5.41) is 0. The third-order valence-corrected chi connectivity index (χ3v) is 3.04. The monoisotopic (exact) mass is 275 g/mol. The quantitative estimate of drug-likeness (QED) is 0.734. The number of rotatable bonds is 3. The van der Waals surface area contributed by atoms with Gasteiger partial charge in [0.1, 0.15) is 5.52 Å². The number of aromatic nitrogens is 5. The number of nitrogens with zero attached hydrogens (tertiary/aromatic N) is 3. The molecule has 0 fully saturated rings. The lowest BCUT2D eigenvalue weighted by atomic mass is 10.3. The predicted octanol–water partition coefficient (Wildman–Crippen LogP) is 0.786. The van der Waals surface area contributed by atoms with E-state index < -0.39 is 11.2 Å². The summed E-state index contributed by atoms with van der Waals surface area (Å²) >= 11 is 0. The van der Waals surface area contributed by atoms with Crippen molar-refractivity contribution in [3.05, 3.63) is 32.9 Å². The van der Waals surface area contributed by atoms with Crippen LogP contribution in [-0.4, -0.2) is 24.5 Å². The number of aryl methyl sites for hydroxylation is 2. The number of imidazole rings is 1. The molecule has 0 unspecified atom stereocenters. The van der Waals surface area contributed by atoms with Gasteiger partial charge in [-0.15, -0.1) is 0 Å². The van der Waals surface area contributed by atoms with Gasteiger partial charge in [-0.2, -0.15) is 0 Å². The molecule has 0 amide bonds. The van der Waals surface area contributed by atoms with Crippen LogP contribution in [0.15, 0.2) is 20.4 Å². The Bertz CT molecular complexity index is 883. The zero-order valence-electron chi connectivity index (χ0n) is 11.1. The maximum Gasteiger partial charge on any atom is 0.330 e. The highest BCUT2D eigenvalue weighted by Gasteiger charge is 2.16. The van der Waals surface area contributed by atoms with E-state index in [1.165, 1.54) is 11.0 Å². The van der Waals surface area contributed by atoms with Crippen LogP contribution in [0.3, 0.4) is 0 Å². The van der Waals surface area contributed by atoms with E-state index in [4.69, 9.17) is 4.42 Å². The SMILES string of the molecule is CCCn1c(=O)[nH]c(=O)c2[nH]c(-c3ocnc3C)nc21. The maximum atomic E-state index is 11.8. The van der Waals surface area contributed by atoms with Gasteiger partial charge in [-0.25, -0.2) is 14.8 Å². The molecule has 0 aromatic carbocycles. The minimum absolute atomic E-state index is 0.254. The van der Waals surface area contributed by atoms with Crippen molar-refractivity contribution in [2.24, 2.45) is 0 Å². The molecule has 8 nitrogen and oxygen atoms in total. The van der Waals surface area contributed by atoms with Crippen LogP contribution in [0.2, 0.25) is 0 Å². The largest absolute Gasteiger partial charge is 0.440 e. The number of aromatic amines is 2. The van der Waals surface area contributed by atoms with E-state index in [-0.39, 0.29) is 5.52 Å². The molecule has 0 saturated carbocycles. The van der Waals surface area contributed by atoms with Crippen LogP contribution in [0, 0.1) is 6.92 Å². The summed E-state index contributed by atoms with van der Waals surface area (Å²) in [6, 6.07) is 0. The lowest BCUT2D eigenvalue weighted by molar-refractivity contribution is 0.567. The van der Waals surface area contributed by atoms with Gasteiger partial charge in [0.2, 0.25) is 0 Å². The molecule has 0 atom stereocenters. The highest BCUT2D eigenvalue weighted by Crippen LogP contribution is 2.20. The van der Waals surface area contributed by atoms with Crippen LogP contribution in [-0.2, 0) is 6.54 Å². The number of hydrogen-bond acceptors (Lipinski definition) is 5. The second-order valence-electron chi connectivity index (χ2n) is 4.46. The molecule has 8 heteroatoms. The van der Waals surface area contributed by atoms with Crippen molar-refractivity contribution in [3.63, 3.8) is 0 Å². The van der Waals surface area contributed by atoms with Crippen LogP contribution in [0.25, 0.3) is 22.7 Å². The standard InChI is InChI=1S/C12H13N5O3/c1-3-4-17-10-7(11(18)16-12(17)19)14-9(15-10)8-6(2)13-5-20-8/h5H,3-4H2,1-2H3,(H,14,15)(H,16,18,19). The predicted molar refractivity (Wildman–Crippen MR) is 71.5 cm³/mol. The van der Waals surface area contributed by atoms with Gasteiger partial charge in [0.05, 0.1) is 5.69 Å². The molecule has 0 radical (unpaired) electrons. The molecule has 0 bridgehead atoms. The molecular weight excluding hydrogens is 262 g/mol.